The smallest absolute Gasteiger partial charge is 0.308 e. The molecule has 2 N–H and O–H groups in total. The van der Waals surface area contributed by atoms with E-state index in [0.29, 0.717) is 6.42 Å². The van der Waals surface area contributed by atoms with E-state index in [2.05, 4.69) is 9.71 Å². The van der Waals surface area contributed by atoms with Gasteiger partial charge in [-0.25, -0.2) is 22.5 Å². The molecule has 0 radical (unpaired) electrons. The van der Waals surface area contributed by atoms with Crippen molar-refractivity contribution in [2.24, 2.45) is 17.8 Å². The largest absolute Gasteiger partial charge is 0.481 e. The van der Waals surface area contributed by atoms with Crippen molar-refractivity contribution < 1.29 is 22.7 Å². The molecule has 2 saturated carbocycles. The summed E-state index contributed by atoms with van der Waals surface area (Å²) in [5, 5.41) is 8.62. The fourth-order valence-electron chi connectivity index (χ4n) is 3.62. The van der Waals surface area contributed by atoms with E-state index in [9.17, 15) is 22.7 Å². The Labute approximate surface area is 121 Å². The summed E-state index contributed by atoms with van der Waals surface area (Å²) in [4.78, 5) is 14.9. The van der Waals surface area contributed by atoms with Gasteiger partial charge in [-0.3, -0.25) is 4.79 Å². The van der Waals surface area contributed by atoms with Gasteiger partial charge < -0.3 is 5.11 Å². The highest BCUT2D eigenvalue weighted by atomic mass is 32.2. The van der Waals surface area contributed by atoms with E-state index in [4.69, 9.17) is 0 Å². The zero-order valence-corrected chi connectivity index (χ0v) is 11.9. The van der Waals surface area contributed by atoms with Crippen LogP contribution in [-0.2, 0) is 14.8 Å². The normalized spacial score (nSPS) is 31.5. The molecule has 2 aliphatic carbocycles. The molecular formula is C13H15FN2O4S. The van der Waals surface area contributed by atoms with Gasteiger partial charge in [0.05, 0.1) is 5.92 Å². The number of carboxylic acids is 1. The summed E-state index contributed by atoms with van der Waals surface area (Å²) in [6.45, 7) is 0. The molecule has 8 heteroatoms. The molecular weight excluding hydrogens is 299 g/mol. The molecule has 21 heavy (non-hydrogen) atoms. The number of sulfonamides is 1. The molecule has 1 heterocycles. The van der Waals surface area contributed by atoms with Gasteiger partial charge in [-0.2, -0.15) is 0 Å². The lowest BCUT2D eigenvalue weighted by molar-refractivity contribution is -0.144. The molecule has 2 aliphatic rings. The van der Waals surface area contributed by atoms with Crippen molar-refractivity contribution in [3.8, 4) is 0 Å². The van der Waals surface area contributed by atoms with Gasteiger partial charge in [-0.05, 0) is 43.2 Å². The number of hydrogen-bond donors (Lipinski definition) is 2. The van der Waals surface area contributed by atoms with Crippen molar-refractivity contribution in [3.63, 3.8) is 0 Å². The van der Waals surface area contributed by atoms with E-state index in [1.54, 1.807) is 0 Å². The third-order valence-electron chi connectivity index (χ3n) is 4.47. The second-order valence-corrected chi connectivity index (χ2v) is 7.26. The van der Waals surface area contributed by atoms with Crippen LogP contribution in [-0.4, -0.2) is 30.5 Å². The van der Waals surface area contributed by atoms with Crippen molar-refractivity contribution in [1.29, 1.82) is 0 Å². The molecule has 114 valence electrons. The summed E-state index contributed by atoms with van der Waals surface area (Å²) in [7, 11) is -4.16. The number of aromatic nitrogens is 1. The van der Waals surface area contributed by atoms with Crippen LogP contribution in [0.2, 0.25) is 0 Å². The monoisotopic (exact) mass is 314 g/mol. The molecule has 0 aromatic carbocycles. The Morgan fingerprint density at radius 1 is 1.38 bits per heavy atom. The minimum absolute atomic E-state index is 0.00218. The Balaban J connectivity index is 1.89. The number of nitrogens with zero attached hydrogens (tertiary/aromatic N) is 1. The quantitative estimate of drug-likeness (QED) is 0.864. The Morgan fingerprint density at radius 2 is 2.10 bits per heavy atom. The minimum Gasteiger partial charge on any atom is -0.481 e. The SMILES string of the molecule is O=C(O)C1C2CCC(C2)C1NS(=O)(=O)c1ncccc1F. The van der Waals surface area contributed by atoms with Gasteiger partial charge in [0.15, 0.2) is 5.82 Å². The van der Waals surface area contributed by atoms with Gasteiger partial charge in [0.25, 0.3) is 10.0 Å². The number of fused-ring (bicyclic) bond motifs is 2. The lowest BCUT2D eigenvalue weighted by atomic mass is 9.85. The maximum atomic E-state index is 13.6. The summed E-state index contributed by atoms with van der Waals surface area (Å²) >= 11 is 0. The first kappa shape index (κ1) is 14.4. The van der Waals surface area contributed by atoms with Gasteiger partial charge in [0.2, 0.25) is 5.03 Å². The molecule has 1 aromatic rings. The first-order valence-corrected chi connectivity index (χ1v) is 8.24. The number of nitrogens with one attached hydrogen (secondary N) is 1. The van der Waals surface area contributed by atoms with Crippen LogP contribution < -0.4 is 4.72 Å². The lowest BCUT2D eigenvalue weighted by Gasteiger charge is -2.28. The highest BCUT2D eigenvalue weighted by Crippen LogP contribution is 2.48. The molecule has 3 rings (SSSR count). The van der Waals surface area contributed by atoms with Crippen molar-refractivity contribution in [3.05, 3.63) is 24.1 Å². The van der Waals surface area contributed by atoms with E-state index in [1.165, 1.54) is 12.3 Å². The predicted octanol–water partition coefficient (Wildman–Crippen LogP) is 0.998. The Bertz CT molecular complexity index is 679. The minimum atomic E-state index is -4.16. The highest BCUT2D eigenvalue weighted by Gasteiger charge is 2.52. The maximum absolute atomic E-state index is 13.6. The molecule has 0 amide bonds. The number of carboxylic acid groups (broad SMARTS) is 1. The van der Waals surface area contributed by atoms with Gasteiger partial charge in [0.1, 0.15) is 0 Å². The van der Waals surface area contributed by atoms with E-state index in [1.807, 2.05) is 0 Å². The zero-order valence-electron chi connectivity index (χ0n) is 11.1. The van der Waals surface area contributed by atoms with Gasteiger partial charge >= 0.3 is 5.97 Å². The second kappa shape index (κ2) is 5.03. The molecule has 0 aliphatic heterocycles. The second-order valence-electron chi connectivity index (χ2n) is 5.63. The van der Waals surface area contributed by atoms with E-state index >= 15 is 0 Å². The van der Waals surface area contributed by atoms with Crippen molar-refractivity contribution in [2.75, 3.05) is 0 Å². The van der Waals surface area contributed by atoms with E-state index < -0.39 is 38.8 Å². The first-order valence-electron chi connectivity index (χ1n) is 6.76. The van der Waals surface area contributed by atoms with Crippen molar-refractivity contribution in [2.45, 2.75) is 30.3 Å². The molecule has 4 atom stereocenters. The van der Waals surface area contributed by atoms with Crippen LogP contribution in [0, 0.1) is 23.6 Å². The van der Waals surface area contributed by atoms with Crippen LogP contribution in [0.15, 0.2) is 23.4 Å². The molecule has 2 bridgehead atoms. The fraction of sp³-hybridized carbons (Fsp3) is 0.538. The predicted molar refractivity (Wildman–Crippen MR) is 70.3 cm³/mol. The van der Waals surface area contributed by atoms with Crippen molar-refractivity contribution >= 4 is 16.0 Å². The van der Waals surface area contributed by atoms with Crippen LogP contribution in [0.5, 0.6) is 0 Å². The van der Waals surface area contributed by atoms with Crippen LogP contribution in [0.1, 0.15) is 19.3 Å². The molecule has 2 fully saturated rings. The summed E-state index contributed by atoms with van der Waals surface area (Å²) in [6, 6.07) is 1.62. The average molecular weight is 314 g/mol. The average Bonchev–Trinajstić information content (AvgIpc) is 2.99. The standard InChI is InChI=1S/C13H15FN2O4S/c14-9-2-1-5-15-12(9)21(19,20)16-11-8-4-3-7(6-8)10(11)13(17)18/h1-2,5,7-8,10-11,16H,3-4,6H2,(H,17,18). The van der Waals surface area contributed by atoms with Gasteiger partial charge in [-0.1, -0.05) is 0 Å². The van der Waals surface area contributed by atoms with E-state index in [0.717, 1.165) is 18.9 Å². The lowest BCUT2D eigenvalue weighted by Crippen LogP contribution is -2.47. The highest BCUT2D eigenvalue weighted by molar-refractivity contribution is 7.89. The van der Waals surface area contributed by atoms with Gasteiger partial charge in [0, 0.05) is 12.2 Å². The van der Waals surface area contributed by atoms with Crippen molar-refractivity contribution in [1.82, 2.24) is 9.71 Å². The molecule has 0 spiro atoms. The topological polar surface area (TPSA) is 96.4 Å². The third-order valence-corrected chi connectivity index (χ3v) is 5.86. The molecule has 4 unspecified atom stereocenters. The number of carbonyl (C=O) groups is 1. The van der Waals surface area contributed by atoms with E-state index in [-0.39, 0.29) is 11.8 Å². The summed E-state index contributed by atoms with van der Waals surface area (Å²) in [6.07, 6.45) is 3.49. The van der Waals surface area contributed by atoms with Crippen LogP contribution in [0.25, 0.3) is 0 Å². The Hall–Kier alpha value is -1.54. The Morgan fingerprint density at radius 3 is 2.76 bits per heavy atom. The van der Waals surface area contributed by atoms with Crippen LogP contribution >= 0.6 is 0 Å². The third kappa shape index (κ3) is 2.42. The maximum Gasteiger partial charge on any atom is 0.308 e. The Kier molecular flexibility index (Phi) is 3.45. The fourth-order valence-corrected chi connectivity index (χ4v) is 4.95. The summed E-state index contributed by atoms with van der Waals surface area (Å²) in [5.41, 5.74) is 0. The summed E-state index contributed by atoms with van der Waals surface area (Å²) in [5.74, 6) is -2.70. The molecule has 6 nitrogen and oxygen atoms in total. The number of aliphatic carboxylic acids is 1. The summed E-state index contributed by atoms with van der Waals surface area (Å²) < 4.78 is 40.5. The number of rotatable bonds is 4. The van der Waals surface area contributed by atoms with Crippen LogP contribution in [0.3, 0.4) is 0 Å². The number of halogens is 1. The number of pyridine rings is 1. The first-order chi connectivity index (χ1) is 9.90. The molecule has 0 saturated heterocycles. The zero-order chi connectivity index (χ0) is 15.2. The van der Waals surface area contributed by atoms with Gasteiger partial charge in [-0.15, -0.1) is 0 Å². The number of hydrogen-bond acceptors (Lipinski definition) is 4. The van der Waals surface area contributed by atoms with Crippen LogP contribution in [0.4, 0.5) is 4.39 Å². The molecule has 1 aromatic heterocycles.